The lowest BCUT2D eigenvalue weighted by atomic mass is 10.1. The molecule has 1 aromatic heterocycles. The highest BCUT2D eigenvalue weighted by Gasteiger charge is 2.16. The first-order valence-corrected chi connectivity index (χ1v) is 10.1. The maximum absolute atomic E-state index is 10.7. The maximum atomic E-state index is 10.7. The van der Waals surface area contributed by atoms with E-state index in [1.807, 2.05) is 72.8 Å². The Morgan fingerprint density at radius 1 is 0.967 bits per heavy atom. The number of para-hydroxylation sites is 4. The molecule has 0 bridgehead atoms. The van der Waals surface area contributed by atoms with E-state index >= 15 is 0 Å². The number of rotatable bonds is 8. The van der Waals surface area contributed by atoms with Gasteiger partial charge in [-0.25, -0.2) is 4.98 Å². The van der Waals surface area contributed by atoms with Gasteiger partial charge in [0.15, 0.2) is 11.5 Å². The van der Waals surface area contributed by atoms with Crippen LogP contribution >= 0.6 is 11.6 Å². The molecule has 4 aromatic rings. The van der Waals surface area contributed by atoms with E-state index in [1.54, 1.807) is 7.11 Å². The van der Waals surface area contributed by atoms with Gasteiger partial charge in [0.25, 0.3) is 0 Å². The molecule has 0 radical (unpaired) electrons. The van der Waals surface area contributed by atoms with Crippen LogP contribution in [0, 0.1) is 0 Å². The van der Waals surface area contributed by atoms with Crippen LogP contribution in [0.25, 0.3) is 11.0 Å². The standard InChI is InChI=1S/C24H23ClN2O3/c1-29-22-8-4-5-9-23(22)30-16-19(28)15-27-21-7-3-2-6-20(21)26-24(27)14-17-10-12-18(25)13-11-17/h2-13,19,28H,14-16H2,1H3/t19-/m1/s1. The lowest BCUT2D eigenvalue weighted by Crippen LogP contribution is -2.24. The summed E-state index contributed by atoms with van der Waals surface area (Å²) >= 11 is 6.01. The van der Waals surface area contributed by atoms with E-state index in [-0.39, 0.29) is 6.61 Å². The Balaban J connectivity index is 1.54. The first kappa shape index (κ1) is 20.3. The smallest absolute Gasteiger partial charge is 0.161 e. The van der Waals surface area contributed by atoms with E-state index < -0.39 is 6.10 Å². The number of methoxy groups -OCH3 is 1. The van der Waals surface area contributed by atoms with Crippen molar-refractivity contribution in [2.75, 3.05) is 13.7 Å². The lowest BCUT2D eigenvalue weighted by Gasteiger charge is -2.17. The minimum atomic E-state index is -0.712. The van der Waals surface area contributed by atoms with Crippen LogP contribution in [0.2, 0.25) is 5.02 Å². The number of benzene rings is 3. The third-order valence-electron chi connectivity index (χ3n) is 4.90. The fourth-order valence-electron chi connectivity index (χ4n) is 3.44. The number of nitrogens with zero attached hydrogens (tertiary/aromatic N) is 2. The average molecular weight is 423 g/mol. The summed E-state index contributed by atoms with van der Waals surface area (Å²) in [5, 5.41) is 11.4. The summed E-state index contributed by atoms with van der Waals surface area (Å²) in [6.07, 6.45) is -0.0668. The predicted molar refractivity (Wildman–Crippen MR) is 118 cm³/mol. The predicted octanol–water partition coefficient (Wildman–Crippen LogP) is 4.73. The molecule has 5 nitrogen and oxygen atoms in total. The molecule has 0 fully saturated rings. The minimum Gasteiger partial charge on any atom is -0.493 e. The van der Waals surface area contributed by atoms with Crippen LogP contribution in [-0.2, 0) is 13.0 Å². The zero-order valence-corrected chi connectivity index (χ0v) is 17.4. The summed E-state index contributed by atoms with van der Waals surface area (Å²) in [6, 6.07) is 23.1. The van der Waals surface area contributed by atoms with Crippen molar-refractivity contribution in [1.29, 1.82) is 0 Å². The highest BCUT2D eigenvalue weighted by atomic mass is 35.5. The molecule has 6 heteroatoms. The summed E-state index contributed by atoms with van der Waals surface area (Å²) in [7, 11) is 1.60. The Morgan fingerprint density at radius 2 is 1.67 bits per heavy atom. The molecule has 0 saturated carbocycles. The van der Waals surface area contributed by atoms with Crippen LogP contribution in [0.5, 0.6) is 11.5 Å². The van der Waals surface area contributed by atoms with E-state index in [4.69, 9.17) is 26.1 Å². The second kappa shape index (κ2) is 9.20. The average Bonchev–Trinajstić information content (AvgIpc) is 3.11. The number of halogens is 1. The molecule has 0 aliphatic rings. The van der Waals surface area contributed by atoms with Crippen molar-refractivity contribution < 1.29 is 14.6 Å². The molecule has 1 heterocycles. The normalized spacial score (nSPS) is 12.1. The Bertz CT molecular complexity index is 1120. The van der Waals surface area contributed by atoms with Gasteiger partial charge in [0.1, 0.15) is 18.5 Å². The zero-order valence-electron chi connectivity index (χ0n) is 16.7. The van der Waals surface area contributed by atoms with Gasteiger partial charge in [-0.15, -0.1) is 0 Å². The number of hydrogen-bond acceptors (Lipinski definition) is 4. The van der Waals surface area contributed by atoms with Crippen molar-refractivity contribution in [3.8, 4) is 11.5 Å². The van der Waals surface area contributed by atoms with Crippen molar-refractivity contribution in [3.63, 3.8) is 0 Å². The number of aliphatic hydroxyl groups excluding tert-OH is 1. The summed E-state index contributed by atoms with van der Waals surface area (Å²) in [5.41, 5.74) is 2.99. The Hall–Kier alpha value is -3.02. The van der Waals surface area contributed by atoms with Gasteiger partial charge in [0, 0.05) is 11.4 Å². The van der Waals surface area contributed by atoms with Gasteiger partial charge in [-0.3, -0.25) is 0 Å². The molecule has 0 amide bonds. The maximum Gasteiger partial charge on any atom is 0.161 e. The largest absolute Gasteiger partial charge is 0.493 e. The van der Waals surface area contributed by atoms with Crippen molar-refractivity contribution >= 4 is 22.6 Å². The van der Waals surface area contributed by atoms with Crippen LogP contribution in [0.4, 0.5) is 0 Å². The molecule has 154 valence electrons. The number of aromatic nitrogens is 2. The van der Waals surface area contributed by atoms with E-state index in [1.165, 1.54) is 0 Å². The summed E-state index contributed by atoms with van der Waals surface area (Å²) < 4.78 is 13.2. The van der Waals surface area contributed by atoms with Crippen LogP contribution in [-0.4, -0.2) is 34.5 Å². The molecule has 0 aliphatic heterocycles. The quantitative estimate of drug-likeness (QED) is 0.446. The third-order valence-corrected chi connectivity index (χ3v) is 5.15. The number of ether oxygens (including phenoxy) is 2. The van der Waals surface area contributed by atoms with Crippen molar-refractivity contribution in [3.05, 3.63) is 89.2 Å². The molecule has 4 rings (SSSR count). The second-order valence-corrected chi connectivity index (χ2v) is 7.48. The molecule has 3 aromatic carbocycles. The number of hydrogen-bond donors (Lipinski definition) is 1. The van der Waals surface area contributed by atoms with E-state index in [0.29, 0.717) is 29.5 Å². The first-order chi connectivity index (χ1) is 14.6. The van der Waals surface area contributed by atoms with Gasteiger partial charge in [-0.1, -0.05) is 48.0 Å². The monoisotopic (exact) mass is 422 g/mol. The first-order valence-electron chi connectivity index (χ1n) is 9.76. The van der Waals surface area contributed by atoms with E-state index in [2.05, 4.69) is 4.57 Å². The topological polar surface area (TPSA) is 56.5 Å². The van der Waals surface area contributed by atoms with Gasteiger partial charge in [-0.05, 0) is 42.0 Å². The molecular weight excluding hydrogens is 400 g/mol. The molecule has 0 unspecified atom stereocenters. The number of aliphatic hydroxyl groups is 1. The number of fused-ring (bicyclic) bond motifs is 1. The number of imidazole rings is 1. The van der Waals surface area contributed by atoms with Gasteiger partial charge < -0.3 is 19.1 Å². The van der Waals surface area contributed by atoms with Gasteiger partial charge >= 0.3 is 0 Å². The van der Waals surface area contributed by atoms with Crippen LogP contribution in [0.15, 0.2) is 72.8 Å². The summed E-state index contributed by atoms with van der Waals surface area (Å²) in [4.78, 5) is 4.79. The van der Waals surface area contributed by atoms with Crippen molar-refractivity contribution in [2.24, 2.45) is 0 Å². The molecule has 0 spiro atoms. The van der Waals surface area contributed by atoms with E-state index in [0.717, 1.165) is 22.4 Å². The zero-order chi connectivity index (χ0) is 20.9. The highest BCUT2D eigenvalue weighted by Crippen LogP contribution is 2.26. The van der Waals surface area contributed by atoms with Gasteiger partial charge in [0.2, 0.25) is 0 Å². The summed E-state index contributed by atoms with van der Waals surface area (Å²) in [6.45, 7) is 0.520. The highest BCUT2D eigenvalue weighted by molar-refractivity contribution is 6.30. The molecular formula is C24H23ClN2O3. The summed E-state index contributed by atoms with van der Waals surface area (Å²) in [5.74, 6) is 2.13. The fourth-order valence-corrected chi connectivity index (χ4v) is 3.56. The molecule has 1 atom stereocenters. The van der Waals surface area contributed by atoms with Crippen molar-refractivity contribution in [1.82, 2.24) is 9.55 Å². The lowest BCUT2D eigenvalue weighted by molar-refractivity contribution is 0.0913. The van der Waals surface area contributed by atoms with Gasteiger partial charge in [-0.2, -0.15) is 0 Å². The van der Waals surface area contributed by atoms with Crippen LogP contribution < -0.4 is 9.47 Å². The van der Waals surface area contributed by atoms with E-state index in [9.17, 15) is 5.11 Å². The molecule has 1 N–H and O–H groups in total. The fraction of sp³-hybridized carbons (Fsp3) is 0.208. The Morgan fingerprint density at radius 3 is 2.43 bits per heavy atom. The van der Waals surface area contributed by atoms with Crippen molar-refractivity contribution in [2.45, 2.75) is 19.1 Å². The Labute approximate surface area is 180 Å². The third kappa shape index (κ3) is 4.58. The molecule has 0 aliphatic carbocycles. The second-order valence-electron chi connectivity index (χ2n) is 7.05. The van der Waals surface area contributed by atoms with Crippen LogP contribution in [0.3, 0.4) is 0 Å². The van der Waals surface area contributed by atoms with Crippen LogP contribution in [0.1, 0.15) is 11.4 Å². The molecule has 30 heavy (non-hydrogen) atoms. The molecule has 0 saturated heterocycles. The minimum absolute atomic E-state index is 0.146. The van der Waals surface area contributed by atoms with Gasteiger partial charge in [0.05, 0.1) is 24.7 Å². The SMILES string of the molecule is COc1ccccc1OC[C@H](O)Cn1c(Cc2ccc(Cl)cc2)nc2ccccc21. The Kier molecular flexibility index (Phi) is 6.21.